The van der Waals surface area contributed by atoms with Crippen molar-refractivity contribution in [2.45, 2.75) is 6.30 Å². The molecule has 0 aliphatic carbocycles. The van der Waals surface area contributed by atoms with Gasteiger partial charge in [0.05, 0.1) is 25.6 Å². The number of anilines is 1. The molecule has 148 valence electrons. The number of benzene rings is 2. The van der Waals surface area contributed by atoms with Gasteiger partial charge in [0.15, 0.2) is 0 Å². The summed E-state index contributed by atoms with van der Waals surface area (Å²) in [5.41, 5.74) is 1.88. The molecule has 0 aliphatic rings. The predicted octanol–water partition coefficient (Wildman–Crippen LogP) is 4.78. The molecule has 28 heavy (non-hydrogen) atoms. The fourth-order valence-electron chi connectivity index (χ4n) is 2.89. The average Bonchev–Trinajstić information content (AvgIpc) is 3.13. The lowest BCUT2D eigenvalue weighted by Crippen LogP contribution is -2.16. The summed E-state index contributed by atoms with van der Waals surface area (Å²) in [6.07, 6.45) is -3.82. The topological polar surface area (TPSA) is 39.5 Å². The second-order valence-corrected chi connectivity index (χ2v) is 6.32. The van der Waals surface area contributed by atoms with E-state index in [1.54, 1.807) is 42.5 Å². The SMILES string of the molecule is COc1cc(OC)cc(-c2ncn(C(F)(F)F)c2-c2ccc(N(C)C)cc2)c1. The first-order valence-electron chi connectivity index (χ1n) is 8.40. The molecule has 0 aliphatic heterocycles. The molecule has 1 heterocycles. The van der Waals surface area contributed by atoms with Crippen molar-refractivity contribution >= 4 is 5.69 Å². The minimum absolute atomic E-state index is 0.0480. The summed E-state index contributed by atoms with van der Waals surface area (Å²) in [7, 11) is 6.69. The number of halogens is 3. The van der Waals surface area contributed by atoms with Crippen LogP contribution in [0.2, 0.25) is 0 Å². The normalized spacial score (nSPS) is 11.4. The Hall–Kier alpha value is -3.16. The molecule has 1 aromatic heterocycles. The van der Waals surface area contributed by atoms with E-state index in [-0.39, 0.29) is 16.0 Å². The summed E-state index contributed by atoms with van der Waals surface area (Å²) in [6, 6.07) is 11.7. The molecule has 3 aromatic rings. The second-order valence-electron chi connectivity index (χ2n) is 6.32. The largest absolute Gasteiger partial charge is 0.497 e. The smallest absolute Gasteiger partial charge is 0.490 e. The number of aromatic nitrogens is 2. The van der Waals surface area contributed by atoms with Gasteiger partial charge in [-0.05, 0) is 24.3 Å². The number of ether oxygens (including phenoxy) is 2. The van der Waals surface area contributed by atoms with E-state index in [0.29, 0.717) is 22.6 Å². The minimum Gasteiger partial charge on any atom is -0.497 e. The molecule has 0 spiro atoms. The van der Waals surface area contributed by atoms with Gasteiger partial charge in [0.25, 0.3) is 0 Å². The van der Waals surface area contributed by atoms with Gasteiger partial charge in [0, 0.05) is 37.0 Å². The van der Waals surface area contributed by atoms with Crippen molar-refractivity contribution in [3.8, 4) is 34.0 Å². The van der Waals surface area contributed by atoms with Crippen LogP contribution in [0, 0.1) is 0 Å². The van der Waals surface area contributed by atoms with Crippen molar-refractivity contribution in [1.29, 1.82) is 0 Å². The number of imidazole rings is 1. The molecule has 0 unspecified atom stereocenters. The Kier molecular flexibility index (Phi) is 5.22. The van der Waals surface area contributed by atoms with E-state index in [1.165, 1.54) is 14.2 Å². The molecule has 0 radical (unpaired) electrons. The van der Waals surface area contributed by atoms with Crippen LogP contribution in [0.4, 0.5) is 18.9 Å². The minimum atomic E-state index is -4.61. The van der Waals surface area contributed by atoms with Gasteiger partial charge >= 0.3 is 6.30 Å². The zero-order valence-electron chi connectivity index (χ0n) is 15.9. The highest BCUT2D eigenvalue weighted by atomic mass is 19.4. The summed E-state index contributed by atoms with van der Waals surface area (Å²) >= 11 is 0. The van der Waals surface area contributed by atoms with Crippen molar-refractivity contribution in [2.24, 2.45) is 0 Å². The molecule has 8 heteroatoms. The molecule has 0 N–H and O–H groups in total. The first-order chi connectivity index (χ1) is 13.2. The van der Waals surface area contributed by atoms with Gasteiger partial charge in [0.1, 0.15) is 17.8 Å². The van der Waals surface area contributed by atoms with Crippen LogP contribution in [-0.2, 0) is 6.30 Å². The van der Waals surface area contributed by atoms with Gasteiger partial charge in [-0.2, -0.15) is 0 Å². The fourth-order valence-corrected chi connectivity index (χ4v) is 2.89. The molecule has 2 aromatic carbocycles. The van der Waals surface area contributed by atoms with E-state index >= 15 is 0 Å². The number of alkyl halides is 3. The maximum Gasteiger partial charge on any atom is 0.490 e. The Morgan fingerprint density at radius 1 is 0.893 bits per heavy atom. The predicted molar refractivity (Wildman–Crippen MR) is 102 cm³/mol. The lowest BCUT2D eigenvalue weighted by Gasteiger charge is -2.16. The number of hydrogen-bond donors (Lipinski definition) is 0. The summed E-state index contributed by atoms with van der Waals surface area (Å²) in [6.45, 7) is 0. The van der Waals surface area contributed by atoms with Crippen LogP contribution in [-0.4, -0.2) is 37.9 Å². The summed E-state index contributed by atoms with van der Waals surface area (Å²) in [4.78, 5) is 5.93. The maximum atomic E-state index is 13.6. The maximum absolute atomic E-state index is 13.6. The van der Waals surface area contributed by atoms with Gasteiger partial charge in [-0.1, -0.05) is 12.1 Å². The van der Waals surface area contributed by atoms with Crippen LogP contribution in [0.15, 0.2) is 48.8 Å². The molecule has 0 fully saturated rings. The third kappa shape index (κ3) is 3.76. The first-order valence-corrected chi connectivity index (χ1v) is 8.40. The Labute approximate surface area is 160 Å². The average molecular weight is 391 g/mol. The van der Waals surface area contributed by atoms with Crippen molar-refractivity contribution in [2.75, 3.05) is 33.2 Å². The lowest BCUT2D eigenvalue weighted by atomic mass is 10.0. The van der Waals surface area contributed by atoms with Crippen LogP contribution in [0.3, 0.4) is 0 Å². The monoisotopic (exact) mass is 391 g/mol. The van der Waals surface area contributed by atoms with Crippen LogP contribution in [0.25, 0.3) is 22.5 Å². The summed E-state index contributed by atoms with van der Waals surface area (Å²) in [5, 5.41) is 0. The van der Waals surface area contributed by atoms with E-state index in [2.05, 4.69) is 4.98 Å². The highest BCUT2D eigenvalue weighted by Gasteiger charge is 2.35. The van der Waals surface area contributed by atoms with E-state index in [0.717, 1.165) is 12.0 Å². The molecular formula is C20H20F3N3O2. The highest BCUT2D eigenvalue weighted by molar-refractivity contribution is 5.80. The quantitative estimate of drug-likeness (QED) is 0.628. The summed E-state index contributed by atoms with van der Waals surface area (Å²) in [5.74, 6) is 0.926. The van der Waals surface area contributed by atoms with Crippen LogP contribution >= 0.6 is 0 Å². The summed E-state index contributed by atoms with van der Waals surface area (Å²) < 4.78 is 51.6. The van der Waals surface area contributed by atoms with Crippen molar-refractivity contribution in [3.05, 3.63) is 48.8 Å². The van der Waals surface area contributed by atoms with Crippen LogP contribution in [0.1, 0.15) is 0 Å². The zero-order chi connectivity index (χ0) is 20.5. The number of rotatable bonds is 5. The first kappa shape index (κ1) is 19.6. The van der Waals surface area contributed by atoms with Crippen molar-refractivity contribution < 1.29 is 22.6 Å². The molecule has 0 atom stereocenters. The van der Waals surface area contributed by atoms with Gasteiger partial charge in [0.2, 0.25) is 0 Å². The van der Waals surface area contributed by atoms with E-state index in [1.807, 2.05) is 19.0 Å². The van der Waals surface area contributed by atoms with Crippen molar-refractivity contribution in [3.63, 3.8) is 0 Å². The molecule has 0 amide bonds. The number of hydrogen-bond acceptors (Lipinski definition) is 4. The highest BCUT2D eigenvalue weighted by Crippen LogP contribution is 2.39. The molecule has 0 saturated carbocycles. The van der Waals surface area contributed by atoms with E-state index in [9.17, 15) is 13.2 Å². The van der Waals surface area contributed by atoms with E-state index in [4.69, 9.17) is 9.47 Å². The molecular weight excluding hydrogens is 371 g/mol. The number of methoxy groups -OCH3 is 2. The third-order valence-electron chi connectivity index (χ3n) is 4.32. The van der Waals surface area contributed by atoms with Gasteiger partial charge in [-0.3, -0.25) is 0 Å². The second kappa shape index (κ2) is 7.46. The van der Waals surface area contributed by atoms with Gasteiger partial charge < -0.3 is 14.4 Å². The van der Waals surface area contributed by atoms with E-state index < -0.39 is 6.30 Å². The van der Waals surface area contributed by atoms with Crippen molar-refractivity contribution in [1.82, 2.24) is 9.55 Å². The van der Waals surface area contributed by atoms with Crippen LogP contribution in [0.5, 0.6) is 11.5 Å². The molecule has 5 nitrogen and oxygen atoms in total. The van der Waals surface area contributed by atoms with Crippen LogP contribution < -0.4 is 14.4 Å². The Balaban J connectivity index is 2.22. The van der Waals surface area contributed by atoms with Gasteiger partial charge in [-0.15, -0.1) is 13.2 Å². The Morgan fingerprint density at radius 2 is 1.46 bits per heavy atom. The molecule has 0 saturated heterocycles. The molecule has 0 bridgehead atoms. The Morgan fingerprint density at radius 3 is 1.93 bits per heavy atom. The third-order valence-corrected chi connectivity index (χ3v) is 4.32. The van der Waals surface area contributed by atoms with Gasteiger partial charge in [-0.25, -0.2) is 9.55 Å². The fraction of sp³-hybridized carbons (Fsp3) is 0.250. The lowest BCUT2D eigenvalue weighted by molar-refractivity contribution is -0.202. The zero-order valence-corrected chi connectivity index (χ0v) is 15.9. The standard InChI is InChI=1S/C20H20F3N3O2/c1-25(2)15-7-5-13(6-8-15)19-18(24-12-26(19)20(21,22)23)14-9-16(27-3)11-17(10-14)28-4/h5-12H,1-4H3. The Bertz CT molecular complexity index is 942. The molecule has 3 rings (SSSR count). The number of nitrogens with zero attached hydrogens (tertiary/aromatic N) is 3.